The molecule has 0 aliphatic rings. The Balaban J connectivity index is 1.82. The van der Waals surface area contributed by atoms with E-state index < -0.39 is 12.8 Å². The van der Waals surface area contributed by atoms with Crippen molar-refractivity contribution >= 4 is 5.96 Å². The van der Waals surface area contributed by atoms with Gasteiger partial charge in [0.2, 0.25) is 0 Å². The molecule has 3 N–H and O–H groups in total. The van der Waals surface area contributed by atoms with Crippen LogP contribution in [0.2, 0.25) is 0 Å². The van der Waals surface area contributed by atoms with Crippen LogP contribution in [0.15, 0.2) is 47.5 Å². The van der Waals surface area contributed by atoms with Gasteiger partial charge in [0.15, 0.2) is 5.96 Å². The van der Waals surface area contributed by atoms with Gasteiger partial charge >= 0.3 is 6.18 Å². The zero-order chi connectivity index (χ0) is 21.3. The number of nitrogens with one attached hydrogen (secondary N) is 2. The zero-order valence-electron chi connectivity index (χ0n) is 16.2. The van der Waals surface area contributed by atoms with Gasteiger partial charge in [-0.25, -0.2) is 0 Å². The van der Waals surface area contributed by atoms with Crippen LogP contribution in [-0.4, -0.2) is 38.0 Å². The van der Waals surface area contributed by atoms with Crippen LogP contribution >= 0.6 is 0 Å². The number of benzene rings is 2. The number of hydrogen-bond acceptors (Lipinski definition) is 4. The number of rotatable bonds is 8. The SMILES string of the molecule is CN=C(NCc1ccc(COCC(F)(F)F)cc1)NCc1cc(OC)ccc1O. The van der Waals surface area contributed by atoms with Crippen molar-refractivity contribution in [1.82, 2.24) is 10.6 Å². The van der Waals surface area contributed by atoms with Crippen molar-refractivity contribution in [1.29, 1.82) is 0 Å². The number of phenols is 1. The number of aromatic hydroxyl groups is 1. The summed E-state index contributed by atoms with van der Waals surface area (Å²) < 4.78 is 46.1. The van der Waals surface area contributed by atoms with Gasteiger partial charge in [0.05, 0.1) is 13.7 Å². The molecule has 0 heterocycles. The van der Waals surface area contributed by atoms with E-state index in [4.69, 9.17) is 4.74 Å². The summed E-state index contributed by atoms with van der Waals surface area (Å²) >= 11 is 0. The second-order valence-corrected chi connectivity index (χ2v) is 6.20. The Morgan fingerprint density at radius 3 is 2.31 bits per heavy atom. The first-order chi connectivity index (χ1) is 13.8. The van der Waals surface area contributed by atoms with Crippen molar-refractivity contribution < 1.29 is 27.8 Å². The van der Waals surface area contributed by atoms with Gasteiger partial charge in [0.1, 0.15) is 18.1 Å². The number of methoxy groups -OCH3 is 1. The van der Waals surface area contributed by atoms with Crippen LogP contribution in [0, 0.1) is 0 Å². The summed E-state index contributed by atoms with van der Waals surface area (Å²) in [6.07, 6.45) is -4.32. The minimum Gasteiger partial charge on any atom is -0.508 e. The highest BCUT2D eigenvalue weighted by atomic mass is 19.4. The molecule has 158 valence electrons. The minimum atomic E-state index is -4.32. The molecule has 0 bridgehead atoms. The molecule has 0 spiro atoms. The first-order valence-electron chi connectivity index (χ1n) is 8.83. The van der Waals surface area contributed by atoms with Gasteiger partial charge in [-0.1, -0.05) is 24.3 Å². The van der Waals surface area contributed by atoms with Crippen molar-refractivity contribution in [2.75, 3.05) is 20.8 Å². The number of phenolic OH excluding ortho intramolecular Hbond substituents is 1. The number of alkyl halides is 3. The van der Waals surface area contributed by atoms with Crippen molar-refractivity contribution in [3.8, 4) is 11.5 Å². The van der Waals surface area contributed by atoms with E-state index in [9.17, 15) is 18.3 Å². The van der Waals surface area contributed by atoms with E-state index in [1.165, 1.54) is 0 Å². The molecule has 2 aromatic rings. The number of nitrogens with zero attached hydrogens (tertiary/aromatic N) is 1. The number of halogens is 3. The maximum atomic E-state index is 12.1. The lowest BCUT2D eigenvalue weighted by atomic mass is 10.1. The first-order valence-corrected chi connectivity index (χ1v) is 8.83. The quantitative estimate of drug-likeness (QED) is 0.459. The third-order valence-electron chi connectivity index (χ3n) is 3.97. The Bertz CT molecular complexity index is 809. The summed E-state index contributed by atoms with van der Waals surface area (Å²) in [6, 6.07) is 12.0. The van der Waals surface area contributed by atoms with E-state index in [0.717, 1.165) is 5.56 Å². The molecule has 0 saturated heterocycles. The molecule has 0 aliphatic heterocycles. The predicted molar refractivity (Wildman–Crippen MR) is 104 cm³/mol. The Kier molecular flexibility index (Phi) is 8.14. The van der Waals surface area contributed by atoms with Gasteiger partial charge in [-0.3, -0.25) is 4.99 Å². The van der Waals surface area contributed by atoms with Gasteiger partial charge in [-0.15, -0.1) is 0 Å². The van der Waals surface area contributed by atoms with Gasteiger partial charge in [0.25, 0.3) is 0 Å². The van der Waals surface area contributed by atoms with Crippen LogP contribution < -0.4 is 15.4 Å². The summed E-state index contributed by atoms with van der Waals surface area (Å²) in [6.45, 7) is -0.548. The Labute approximate surface area is 167 Å². The molecule has 6 nitrogen and oxygen atoms in total. The van der Waals surface area contributed by atoms with Crippen LogP contribution in [-0.2, 0) is 24.4 Å². The number of ether oxygens (including phenoxy) is 2. The van der Waals surface area contributed by atoms with Crippen molar-refractivity contribution in [3.05, 3.63) is 59.2 Å². The highest BCUT2D eigenvalue weighted by Crippen LogP contribution is 2.22. The maximum Gasteiger partial charge on any atom is 0.411 e. The molecule has 0 aromatic heterocycles. The summed E-state index contributed by atoms with van der Waals surface area (Å²) in [5, 5.41) is 16.2. The van der Waals surface area contributed by atoms with Gasteiger partial charge in [-0.2, -0.15) is 13.2 Å². The van der Waals surface area contributed by atoms with Gasteiger partial charge in [0, 0.05) is 25.7 Å². The van der Waals surface area contributed by atoms with E-state index in [1.807, 2.05) is 0 Å². The molecule has 29 heavy (non-hydrogen) atoms. The molecule has 0 amide bonds. The minimum absolute atomic E-state index is 0.0968. The third kappa shape index (κ3) is 7.90. The zero-order valence-corrected chi connectivity index (χ0v) is 16.2. The fourth-order valence-corrected chi connectivity index (χ4v) is 2.45. The van der Waals surface area contributed by atoms with E-state index in [0.29, 0.717) is 35.9 Å². The summed E-state index contributed by atoms with van der Waals surface area (Å²) in [4.78, 5) is 4.13. The average molecular weight is 411 g/mol. The van der Waals surface area contributed by atoms with E-state index in [2.05, 4.69) is 20.4 Å². The molecule has 9 heteroatoms. The fourth-order valence-electron chi connectivity index (χ4n) is 2.45. The lowest BCUT2D eigenvalue weighted by Crippen LogP contribution is -2.36. The monoisotopic (exact) mass is 411 g/mol. The van der Waals surface area contributed by atoms with E-state index >= 15 is 0 Å². The second-order valence-electron chi connectivity index (χ2n) is 6.20. The van der Waals surface area contributed by atoms with Crippen LogP contribution in [0.25, 0.3) is 0 Å². The molecular weight excluding hydrogens is 387 g/mol. The maximum absolute atomic E-state index is 12.1. The standard InChI is InChI=1S/C20H24F3N3O3/c1-24-19(26-11-16-9-17(28-2)7-8-18(16)27)25-10-14-3-5-15(6-4-14)12-29-13-20(21,22)23/h3-9,27H,10-13H2,1-2H3,(H2,24,25,26). The lowest BCUT2D eigenvalue weighted by molar-refractivity contribution is -0.176. The lowest BCUT2D eigenvalue weighted by Gasteiger charge is -2.14. The largest absolute Gasteiger partial charge is 0.508 e. The number of guanidine groups is 1. The molecule has 0 atom stereocenters. The van der Waals surface area contributed by atoms with Crippen molar-refractivity contribution in [2.45, 2.75) is 25.9 Å². The smallest absolute Gasteiger partial charge is 0.411 e. The molecule has 0 fully saturated rings. The van der Waals surface area contributed by atoms with Crippen LogP contribution in [0.3, 0.4) is 0 Å². The molecule has 0 unspecified atom stereocenters. The molecule has 2 aromatic carbocycles. The normalized spacial score (nSPS) is 12.0. The molecule has 0 radical (unpaired) electrons. The molecule has 0 aliphatic carbocycles. The topological polar surface area (TPSA) is 75.1 Å². The van der Waals surface area contributed by atoms with Crippen LogP contribution in [0.1, 0.15) is 16.7 Å². The van der Waals surface area contributed by atoms with Crippen LogP contribution in [0.5, 0.6) is 11.5 Å². The number of aliphatic imine (C=N–C) groups is 1. The highest BCUT2D eigenvalue weighted by Gasteiger charge is 2.27. The van der Waals surface area contributed by atoms with Crippen LogP contribution in [0.4, 0.5) is 13.2 Å². The predicted octanol–water partition coefficient (Wildman–Crippen LogP) is 3.34. The Morgan fingerprint density at radius 1 is 1.03 bits per heavy atom. The Morgan fingerprint density at radius 2 is 1.69 bits per heavy atom. The fraction of sp³-hybridized carbons (Fsp3) is 0.350. The summed E-state index contributed by atoms with van der Waals surface area (Å²) in [5.41, 5.74) is 2.25. The van der Waals surface area contributed by atoms with E-state index in [-0.39, 0.29) is 12.4 Å². The number of hydrogen-bond donors (Lipinski definition) is 3. The van der Waals surface area contributed by atoms with Gasteiger partial charge in [-0.05, 0) is 29.3 Å². The molecule has 2 rings (SSSR count). The van der Waals surface area contributed by atoms with E-state index in [1.54, 1.807) is 56.6 Å². The Hall–Kier alpha value is -2.94. The van der Waals surface area contributed by atoms with Crippen molar-refractivity contribution in [2.24, 2.45) is 4.99 Å². The average Bonchev–Trinajstić information content (AvgIpc) is 2.69. The summed E-state index contributed by atoms with van der Waals surface area (Å²) in [7, 11) is 3.18. The van der Waals surface area contributed by atoms with Crippen molar-refractivity contribution in [3.63, 3.8) is 0 Å². The summed E-state index contributed by atoms with van der Waals surface area (Å²) in [5.74, 6) is 1.32. The highest BCUT2D eigenvalue weighted by molar-refractivity contribution is 5.79. The molecular formula is C20H24F3N3O3. The molecule has 0 saturated carbocycles. The second kappa shape index (κ2) is 10.6. The first kappa shape index (κ1) is 22.4. The van der Waals surface area contributed by atoms with Gasteiger partial charge < -0.3 is 25.2 Å². The third-order valence-corrected chi connectivity index (χ3v) is 3.97.